The van der Waals surface area contributed by atoms with Gasteiger partial charge in [0.25, 0.3) is 5.91 Å². The Hall–Kier alpha value is -2.59. The maximum atomic E-state index is 12.9. The fraction of sp³-hybridized carbons (Fsp3) is 0.211. The van der Waals surface area contributed by atoms with Crippen molar-refractivity contribution < 1.29 is 9.53 Å². The molecule has 118 valence electrons. The van der Waals surface area contributed by atoms with Crippen LogP contribution in [0.5, 0.6) is 0 Å². The Balaban J connectivity index is 2.06. The van der Waals surface area contributed by atoms with Crippen molar-refractivity contribution in [1.82, 2.24) is 0 Å². The number of fused-ring (bicyclic) bond motifs is 1. The van der Waals surface area contributed by atoms with E-state index in [0.29, 0.717) is 17.9 Å². The van der Waals surface area contributed by atoms with Crippen LogP contribution >= 0.6 is 0 Å². The first kappa shape index (κ1) is 15.3. The van der Waals surface area contributed by atoms with Crippen LogP contribution in [0.3, 0.4) is 0 Å². The number of anilines is 2. The Morgan fingerprint density at radius 3 is 2.65 bits per heavy atom. The minimum atomic E-state index is -0.0423. The Labute approximate surface area is 136 Å². The molecule has 2 aromatic carbocycles. The van der Waals surface area contributed by atoms with Gasteiger partial charge in [0.15, 0.2) is 0 Å². The highest BCUT2D eigenvalue weighted by atomic mass is 16.5. The molecule has 0 unspecified atom stereocenters. The van der Waals surface area contributed by atoms with Crippen molar-refractivity contribution in [2.75, 3.05) is 24.4 Å². The summed E-state index contributed by atoms with van der Waals surface area (Å²) in [5.74, 6) is -0.0423. The summed E-state index contributed by atoms with van der Waals surface area (Å²) < 4.78 is 5.16. The Bertz CT molecular complexity index is 796. The summed E-state index contributed by atoms with van der Waals surface area (Å²) in [7, 11) is 3.51. The Morgan fingerprint density at radius 2 is 1.96 bits per heavy atom. The fourth-order valence-corrected chi connectivity index (χ4v) is 2.90. The summed E-state index contributed by atoms with van der Waals surface area (Å²) in [6.45, 7) is 6.61. The largest absolute Gasteiger partial charge is 0.388 e. The minimum Gasteiger partial charge on any atom is -0.388 e. The van der Waals surface area contributed by atoms with E-state index in [0.717, 1.165) is 28.1 Å². The van der Waals surface area contributed by atoms with Crippen molar-refractivity contribution in [3.8, 4) is 0 Å². The highest BCUT2D eigenvalue weighted by molar-refractivity contribution is 6.22. The molecule has 1 amide bonds. The lowest BCUT2D eigenvalue weighted by atomic mass is 10.1. The molecule has 0 saturated carbocycles. The fourth-order valence-electron chi connectivity index (χ4n) is 2.90. The van der Waals surface area contributed by atoms with Crippen LogP contribution in [0, 0.1) is 6.92 Å². The van der Waals surface area contributed by atoms with Crippen molar-refractivity contribution in [2.24, 2.45) is 0 Å². The molecule has 4 nitrogen and oxygen atoms in total. The van der Waals surface area contributed by atoms with Crippen LogP contribution in [-0.2, 0) is 11.3 Å². The minimum absolute atomic E-state index is 0.0423. The van der Waals surface area contributed by atoms with Gasteiger partial charge in [-0.25, -0.2) is 0 Å². The van der Waals surface area contributed by atoms with Gasteiger partial charge in [0, 0.05) is 31.0 Å². The van der Waals surface area contributed by atoms with Gasteiger partial charge in [0.05, 0.1) is 18.0 Å². The number of hydrogen-bond acceptors (Lipinski definition) is 3. The molecule has 0 fully saturated rings. The predicted octanol–water partition coefficient (Wildman–Crippen LogP) is 3.81. The molecule has 0 spiro atoms. The molecule has 3 rings (SSSR count). The number of nitrogens with zero attached hydrogens (tertiary/aromatic N) is 1. The van der Waals surface area contributed by atoms with E-state index in [-0.39, 0.29) is 5.91 Å². The zero-order valence-corrected chi connectivity index (χ0v) is 13.6. The zero-order valence-electron chi connectivity index (χ0n) is 13.6. The first-order chi connectivity index (χ1) is 11.1. The molecule has 0 bridgehead atoms. The van der Waals surface area contributed by atoms with Gasteiger partial charge in [-0.15, -0.1) is 0 Å². The van der Waals surface area contributed by atoms with Gasteiger partial charge in [-0.05, 0) is 36.2 Å². The van der Waals surface area contributed by atoms with Crippen LogP contribution in [0.15, 0.2) is 43.0 Å². The van der Waals surface area contributed by atoms with Gasteiger partial charge in [-0.1, -0.05) is 24.8 Å². The molecule has 0 saturated heterocycles. The Morgan fingerprint density at radius 1 is 1.17 bits per heavy atom. The third-order valence-electron chi connectivity index (χ3n) is 4.15. The second kappa shape index (κ2) is 5.89. The van der Waals surface area contributed by atoms with Crippen molar-refractivity contribution in [2.45, 2.75) is 13.5 Å². The van der Waals surface area contributed by atoms with E-state index in [9.17, 15) is 4.79 Å². The summed E-state index contributed by atoms with van der Waals surface area (Å²) in [6, 6.07) is 11.8. The van der Waals surface area contributed by atoms with E-state index in [1.165, 1.54) is 0 Å². The zero-order chi connectivity index (χ0) is 16.6. The topological polar surface area (TPSA) is 41.6 Å². The number of nitrogens with one attached hydrogen (secondary N) is 1. The number of ether oxygens (including phenoxy) is 1. The summed E-state index contributed by atoms with van der Waals surface area (Å²) in [5.41, 5.74) is 6.10. The van der Waals surface area contributed by atoms with Gasteiger partial charge in [0.1, 0.15) is 0 Å². The van der Waals surface area contributed by atoms with Crippen molar-refractivity contribution in [3.05, 3.63) is 65.2 Å². The average Bonchev–Trinajstić information content (AvgIpc) is 2.80. The van der Waals surface area contributed by atoms with Crippen molar-refractivity contribution in [3.63, 3.8) is 0 Å². The summed E-state index contributed by atoms with van der Waals surface area (Å²) >= 11 is 0. The number of amides is 1. The van der Waals surface area contributed by atoms with Crippen LogP contribution in [0.1, 0.15) is 27.0 Å². The lowest BCUT2D eigenvalue weighted by Gasteiger charge is -2.20. The second-order valence-corrected chi connectivity index (χ2v) is 5.65. The van der Waals surface area contributed by atoms with Crippen LogP contribution in [0.25, 0.3) is 5.70 Å². The molecule has 1 aliphatic heterocycles. The SMILES string of the molecule is C=C1c2ccc(COC)cc2C(=O)N1c1cc(NC)ccc1C. The molecule has 0 atom stereocenters. The molecule has 0 aliphatic carbocycles. The molecule has 2 aromatic rings. The van der Waals surface area contributed by atoms with E-state index < -0.39 is 0 Å². The van der Waals surface area contributed by atoms with Crippen LogP contribution in [-0.4, -0.2) is 20.1 Å². The van der Waals surface area contributed by atoms with E-state index >= 15 is 0 Å². The number of rotatable bonds is 4. The number of hydrogen-bond donors (Lipinski definition) is 1. The second-order valence-electron chi connectivity index (χ2n) is 5.65. The smallest absolute Gasteiger partial charge is 0.263 e. The molecular formula is C19H20N2O2. The highest BCUT2D eigenvalue weighted by Gasteiger charge is 2.33. The van der Waals surface area contributed by atoms with Gasteiger partial charge >= 0.3 is 0 Å². The maximum Gasteiger partial charge on any atom is 0.263 e. The normalized spacial score (nSPS) is 13.4. The van der Waals surface area contributed by atoms with Crippen LogP contribution < -0.4 is 10.2 Å². The van der Waals surface area contributed by atoms with E-state index in [2.05, 4.69) is 11.9 Å². The number of carbonyl (C=O) groups excluding carboxylic acids is 1. The predicted molar refractivity (Wildman–Crippen MR) is 93.7 cm³/mol. The van der Waals surface area contributed by atoms with E-state index in [4.69, 9.17) is 4.74 Å². The van der Waals surface area contributed by atoms with Gasteiger partial charge < -0.3 is 10.1 Å². The summed E-state index contributed by atoms with van der Waals surface area (Å²) in [6.07, 6.45) is 0. The molecule has 1 aliphatic rings. The third kappa shape index (κ3) is 2.51. The average molecular weight is 308 g/mol. The standard InChI is InChI=1S/C19H20N2O2/c1-12-5-7-15(20-3)10-18(12)21-13(2)16-8-6-14(11-23-4)9-17(16)19(21)22/h5-10,20H,2,11H2,1,3-4H3. The van der Waals surface area contributed by atoms with Gasteiger partial charge in [-0.2, -0.15) is 0 Å². The third-order valence-corrected chi connectivity index (χ3v) is 4.15. The molecule has 4 heteroatoms. The number of methoxy groups -OCH3 is 1. The summed E-state index contributed by atoms with van der Waals surface area (Å²) in [4.78, 5) is 14.6. The van der Waals surface area contributed by atoms with Crippen LogP contribution in [0.2, 0.25) is 0 Å². The summed E-state index contributed by atoms with van der Waals surface area (Å²) in [5, 5.41) is 3.11. The molecular weight excluding hydrogens is 288 g/mol. The lowest BCUT2D eigenvalue weighted by molar-refractivity contribution is 0.101. The van der Waals surface area contributed by atoms with Gasteiger partial charge in [0.2, 0.25) is 0 Å². The first-order valence-corrected chi connectivity index (χ1v) is 7.51. The van der Waals surface area contributed by atoms with E-state index in [1.54, 1.807) is 12.0 Å². The van der Waals surface area contributed by atoms with Crippen molar-refractivity contribution in [1.29, 1.82) is 0 Å². The molecule has 1 N–H and O–H groups in total. The molecule has 0 aromatic heterocycles. The Kier molecular flexibility index (Phi) is 3.92. The first-order valence-electron chi connectivity index (χ1n) is 7.51. The maximum absolute atomic E-state index is 12.9. The van der Waals surface area contributed by atoms with Crippen molar-refractivity contribution >= 4 is 23.0 Å². The molecule has 1 heterocycles. The molecule has 23 heavy (non-hydrogen) atoms. The lowest BCUT2D eigenvalue weighted by Crippen LogP contribution is -2.22. The monoisotopic (exact) mass is 308 g/mol. The number of carbonyl (C=O) groups is 1. The quantitative estimate of drug-likeness (QED) is 0.933. The number of benzene rings is 2. The van der Waals surface area contributed by atoms with E-state index in [1.807, 2.05) is 50.4 Å². The highest BCUT2D eigenvalue weighted by Crippen LogP contribution is 2.38. The number of aryl methyl sites for hydroxylation is 1. The van der Waals surface area contributed by atoms with Crippen LogP contribution in [0.4, 0.5) is 11.4 Å². The van der Waals surface area contributed by atoms with Gasteiger partial charge in [-0.3, -0.25) is 9.69 Å². The molecule has 0 radical (unpaired) electrons.